The van der Waals surface area contributed by atoms with E-state index in [1.807, 2.05) is 11.1 Å². The Morgan fingerprint density at radius 3 is 2.55 bits per heavy atom. The molecule has 0 spiro atoms. The van der Waals surface area contributed by atoms with Crippen molar-refractivity contribution < 1.29 is 33.4 Å². The highest BCUT2D eigenvalue weighted by Gasteiger charge is 2.45. The highest BCUT2D eigenvalue weighted by molar-refractivity contribution is 6.25. The van der Waals surface area contributed by atoms with Crippen LogP contribution in [0.5, 0.6) is 0 Å². The van der Waals surface area contributed by atoms with Crippen molar-refractivity contribution in [1.82, 2.24) is 29.7 Å². The largest absolute Gasteiger partial charge is 0.384 e. The van der Waals surface area contributed by atoms with Gasteiger partial charge in [-0.05, 0) is 87.8 Å². The average Bonchev–Trinajstić information content (AvgIpc) is 3.76. The number of unbranched alkanes of at least 4 members (excludes halogenated alkanes) is 1. The number of nitrogens with one attached hydrogen (secondary N) is 2. The minimum atomic E-state index is -0.994. The van der Waals surface area contributed by atoms with Crippen molar-refractivity contribution in [2.45, 2.75) is 96.4 Å². The molecule has 4 aromatic rings. The lowest BCUT2D eigenvalue weighted by atomic mass is 9.99. The zero-order valence-electron chi connectivity index (χ0n) is 34.3. The molecule has 15 heteroatoms. The van der Waals surface area contributed by atoms with E-state index in [4.69, 9.17) is 19.4 Å². The number of aromatic nitrogens is 3. The van der Waals surface area contributed by atoms with E-state index >= 15 is 0 Å². The Labute approximate surface area is 348 Å². The van der Waals surface area contributed by atoms with E-state index in [1.165, 1.54) is 11.3 Å². The molecule has 3 fully saturated rings. The highest BCUT2D eigenvalue weighted by atomic mass is 16.5. The van der Waals surface area contributed by atoms with Crippen LogP contribution in [0.15, 0.2) is 42.6 Å². The average molecular weight is 817 g/mol. The monoisotopic (exact) mass is 816 g/mol. The highest BCUT2D eigenvalue weighted by Crippen LogP contribution is 2.39. The van der Waals surface area contributed by atoms with E-state index in [-0.39, 0.29) is 36.0 Å². The van der Waals surface area contributed by atoms with Crippen LogP contribution in [0.4, 0.5) is 11.4 Å². The SMILES string of the molecule is CC(=O)N1CCn2c(C3CCOCC3)nc(-c3ccnc4cc(N5CCC(OCCCCNc6cccc7c6C(=O)N(C6CCC(=O)NC6=O)C7=O)CC5)c(C)cc34)c2C1. The van der Waals surface area contributed by atoms with E-state index in [0.29, 0.717) is 37.8 Å². The van der Waals surface area contributed by atoms with Crippen LogP contribution in [0.25, 0.3) is 22.2 Å². The molecule has 5 aliphatic heterocycles. The molecule has 0 aliphatic carbocycles. The molecule has 7 heterocycles. The summed E-state index contributed by atoms with van der Waals surface area (Å²) < 4.78 is 14.4. The summed E-state index contributed by atoms with van der Waals surface area (Å²) >= 11 is 0. The first-order valence-electron chi connectivity index (χ1n) is 21.4. The zero-order chi connectivity index (χ0) is 41.5. The fraction of sp³-hybridized carbons (Fsp3) is 0.489. The summed E-state index contributed by atoms with van der Waals surface area (Å²) in [5.74, 6) is -0.516. The molecule has 15 nitrogen and oxygen atoms in total. The van der Waals surface area contributed by atoms with Crippen LogP contribution < -0.4 is 15.5 Å². The summed E-state index contributed by atoms with van der Waals surface area (Å²) in [7, 11) is 0. The molecule has 9 rings (SSSR count). The number of piperidine rings is 2. The Bertz CT molecular complexity index is 2360. The smallest absolute Gasteiger partial charge is 0.264 e. The van der Waals surface area contributed by atoms with Crippen molar-refractivity contribution in [3.8, 4) is 11.3 Å². The van der Waals surface area contributed by atoms with Gasteiger partial charge in [0, 0.05) is 100 Å². The zero-order valence-corrected chi connectivity index (χ0v) is 34.3. The minimum absolute atomic E-state index is 0.0808. The lowest BCUT2D eigenvalue weighted by Gasteiger charge is -2.34. The number of anilines is 2. The van der Waals surface area contributed by atoms with Gasteiger partial charge in [-0.15, -0.1) is 0 Å². The lowest BCUT2D eigenvalue weighted by Crippen LogP contribution is -2.54. The number of imide groups is 2. The van der Waals surface area contributed by atoms with Gasteiger partial charge >= 0.3 is 0 Å². The molecule has 5 amide bonds. The predicted octanol–water partition coefficient (Wildman–Crippen LogP) is 4.94. The number of benzene rings is 2. The molecule has 0 saturated carbocycles. The summed E-state index contributed by atoms with van der Waals surface area (Å²) in [5.41, 5.74) is 7.49. The van der Waals surface area contributed by atoms with E-state index < -0.39 is 29.7 Å². The summed E-state index contributed by atoms with van der Waals surface area (Å²) in [6.45, 7) is 10.3. The van der Waals surface area contributed by atoms with Crippen LogP contribution in [-0.2, 0) is 36.9 Å². The molecule has 0 radical (unpaired) electrons. The summed E-state index contributed by atoms with van der Waals surface area (Å²) in [5, 5.41) is 6.63. The quantitative estimate of drug-likeness (QED) is 0.155. The van der Waals surface area contributed by atoms with Crippen molar-refractivity contribution in [2.75, 3.05) is 56.2 Å². The first-order chi connectivity index (χ1) is 29.2. The van der Waals surface area contributed by atoms with Crippen molar-refractivity contribution in [3.05, 3.63) is 70.8 Å². The minimum Gasteiger partial charge on any atom is -0.384 e. The predicted molar refractivity (Wildman–Crippen MR) is 224 cm³/mol. The standard InChI is InChI=1S/C45H52N8O7/c1-27-24-33-31(41-38-26-51(28(2)54)19-20-52(38)42(49-41)29-13-22-59-23-14-29)10-16-47-35(33)25-37(27)50-17-11-30(12-18-50)60-21-4-3-15-46-34-7-5-6-32-40(34)45(58)53(44(32)57)36-8-9-39(55)48-43(36)56/h5-7,10,16,24-25,29-30,36,46H,3-4,8-9,11-15,17-23,26H2,1-2H3,(H,48,55,56). The van der Waals surface area contributed by atoms with Gasteiger partial charge in [0.15, 0.2) is 0 Å². The Kier molecular flexibility index (Phi) is 11.1. The second-order valence-corrected chi connectivity index (χ2v) is 16.6. The third kappa shape index (κ3) is 7.53. The van der Waals surface area contributed by atoms with Crippen molar-refractivity contribution in [2.24, 2.45) is 0 Å². The van der Waals surface area contributed by atoms with Crippen molar-refractivity contribution in [3.63, 3.8) is 0 Å². The topological polar surface area (TPSA) is 168 Å². The maximum absolute atomic E-state index is 13.4. The maximum Gasteiger partial charge on any atom is 0.264 e. The first-order valence-corrected chi connectivity index (χ1v) is 21.4. The molecular formula is C45H52N8O7. The number of hydrogen-bond acceptors (Lipinski definition) is 11. The maximum atomic E-state index is 13.4. The molecule has 1 atom stereocenters. The van der Waals surface area contributed by atoms with E-state index in [0.717, 1.165) is 110 Å². The fourth-order valence-electron chi connectivity index (χ4n) is 9.61. The second kappa shape index (κ2) is 16.8. The van der Waals surface area contributed by atoms with Crippen molar-refractivity contribution in [1.29, 1.82) is 0 Å². The van der Waals surface area contributed by atoms with Gasteiger partial charge in [0.2, 0.25) is 17.7 Å². The number of ether oxygens (including phenoxy) is 2. The Morgan fingerprint density at radius 2 is 1.77 bits per heavy atom. The lowest BCUT2D eigenvalue weighted by molar-refractivity contribution is -0.136. The van der Waals surface area contributed by atoms with Gasteiger partial charge in [-0.25, -0.2) is 4.98 Å². The molecule has 2 aromatic heterocycles. The van der Waals surface area contributed by atoms with Gasteiger partial charge in [-0.1, -0.05) is 6.07 Å². The van der Waals surface area contributed by atoms with E-state index in [9.17, 15) is 24.0 Å². The number of carbonyl (C=O) groups excluding carboxylic acids is 5. The van der Waals surface area contributed by atoms with Gasteiger partial charge in [0.25, 0.3) is 11.8 Å². The molecule has 314 valence electrons. The van der Waals surface area contributed by atoms with Crippen LogP contribution in [0.2, 0.25) is 0 Å². The Morgan fingerprint density at radius 1 is 0.950 bits per heavy atom. The molecule has 1 unspecified atom stereocenters. The fourth-order valence-corrected chi connectivity index (χ4v) is 9.61. The molecule has 2 N–H and O–H groups in total. The first kappa shape index (κ1) is 39.8. The second-order valence-electron chi connectivity index (χ2n) is 16.6. The van der Waals surface area contributed by atoms with Gasteiger partial charge < -0.3 is 29.2 Å². The molecule has 0 bridgehead atoms. The summed E-state index contributed by atoms with van der Waals surface area (Å²) in [4.78, 5) is 78.7. The number of carbonyl (C=O) groups is 5. The van der Waals surface area contributed by atoms with Gasteiger partial charge in [-0.3, -0.25) is 39.2 Å². The van der Waals surface area contributed by atoms with Gasteiger partial charge in [-0.2, -0.15) is 0 Å². The van der Waals surface area contributed by atoms with Crippen molar-refractivity contribution >= 4 is 51.8 Å². The number of rotatable bonds is 11. The van der Waals surface area contributed by atoms with Crippen LogP contribution in [-0.4, -0.2) is 112 Å². The van der Waals surface area contributed by atoms with Crippen LogP contribution in [0, 0.1) is 6.92 Å². The van der Waals surface area contributed by atoms with Gasteiger partial charge in [0.1, 0.15) is 11.9 Å². The van der Waals surface area contributed by atoms with E-state index in [2.05, 4.69) is 45.2 Å². The normalized spacial score (nSPS) is 20.2. The number of amides is 5. The van der Waals surface area contributed by atoms with Crippen LogP contribution >= 0.6 is 0 Å². The Hall–Kier alpha value is -5.67. The summed E-state index contributed by atoms with van der Waals surface area (Å²) in [6, 6.07) is 10.6. The summed E-state index contributed by atoms with van der Waals surface area (Å²) in [6.07, 6.45) is 7.63. The number of aryl methyl sites for hydroxylation is 1. The third-order valence-corrected chi connectivity index (χ3v) is 12.9. The molecule has 60 heavy (non-hydrogen) atoms. The number of fused-ring (bicyclic) bond motifs is 3. The van der Waals surface area contributed by atoms with Crippen LogP contribution in [0.3, 0.4) is 0 Å². The van der Waals surface area contributed by atoms with Gasteiger partial charge in [0.05, 0.1) is 40.7 Å². The number of imidazole rings is 1. The third-order valence-electron chi connectivity index (χ3n) is 12.9. The number of nitrogens with zero attached hydrogens (tertiary/aromatic N) is 6. The Balaban J connectivity index is 0.794. The molecular weight excluding hydrogens is 765 g/mol. The molecule has 3 saturated heterocycles. The number of pyridine rings is 1. The molecule has 5 aliphatic rings. The van der Waals surface area contributed by atoms with Crippen LogP contribution in [0.1, 0.15) is 102 Å². The molecule has 2 aromatic carbocycles. The van der Waals surface area contributed by atoms with E-state index in [1.54, 1.807) is 25.1 Å². The number of hydrogen-bond donors (Lipinski definition) is 2.